The van der Waals surface area contributed by atoms with Gasteiger partial charge in [-0.2, -0.15) is 9.97 Å². The number of anilines is 2. The molecule has 53 heavy (non-hydrogen) atoms. The Morgan fingerprint density at radius 2 is 1.79 bits per heavy atom. The molecule has 0 bridgehead atoms. The number of ether oxygens (including phenoxy) is 5. The standard InChI is InChI=1S/C25H39N9O15P2.2Na/c1-42-7-8-44-6-4-29-50(38,45-10-13-9-14(35)22(47-13)33-5-3-16(26)30-25(33)37)49-18-15(11-46-51(39,40)41)48-23(19(18)43-2)34-12-28-17-20(34)31-24(27)32-21(17)36;;/h3,5,12-15,18-19,22-23,35H,4,6-11H2,1-2H3,(H,29,38)(H2,26,30,37)(H2,39,40,41)(H3,27,31,32,36);;/q;2*+1/p-2/t13-,14+,15+,18+,19+,22+,23+,50+;;/m0../s1. The molecule has 24 nitrogen and oxygen atoms in total. The van der Waals surface area contributed by atoms with Crippen molar-refractivity contribution >= 4 is 38.5 Å². The van der Waals surface area contributed by atoms with Crippen molar-refractivity contribution in [1.29, 1.82) is 0 Å². The first-order chi connectivity index (χ1) is 24.2. The van der Waals surface area contributed by atoms with E-state index in [-0.39, 0.29) is 115 Å². The van der Waals surface area contributed by atoms with Gasteiger partial charge in [0.1, 0.15) is 30.2 Å². The molecule has 0 amide bonds. The van der Waals surface area contributed by atoms with Crippen LogP contribution in [-0.2, 0) is 46.4 Å². The monoisotopic (exact) mass is 811 g/mol. The Hall–Kier alpha value is -1.19. The minimum Gasteiger partial charge on any atom is -0.790 e. The molecule has 284 valence electrons. The molecule has 7 N–H and O–H groups in total. The molecule has 0 aromatic carbocycles. The number of phosphoric ester groups is 1. The summed E-state index contributed by atoms with van der Waals surface area (Å²) in [6.07, 6.45) is -6.33. The molecule has 2 aliphatic rings. The van der Waals surface area contributed by atoms with Gasteiger partial charge in [-0.25, -0.2) is 19.4 Å². The Morgan fingerprint density at radius 1 is 1.04 bits per heavy atom. The number of rotatable bonds is 18. The maximum atomic E-state index is 14.4. The molecule has 3 aromatic heterocycles. The van der Waals surface area contributed by atoms with E-state index in [1.54, 1.807) is 0 Å². The first-order valence-electron chi connectivity index (χ1n) is 15.2. The van der Waals surface area contributed by atoms with Crippen LogP contribution in [0.15, 0.2) is 28.2 Å². The molecular formula is C25H37N9Na2O15P2. The Morgan fingerprint density at radius 3 is 2.47 bits per heavy atom. The summed E-state index contributed by atoms with van der Waals surface area (Å²) in [6.45, 7) is -0.949. The van der Waals surface area contributed by atoms with E-state index in [1.807, 2.05) is 0 Å². The molecule has 0 spiro atoms. The summed E-state index contributed by atoms with van der Waals surface area (Å²) in [5, 5.41) is 13.3. The summed E-state index contributed by atoms with van der Waals surface area (Å²) in [5.41, 5.74) is 9.68. The van der Waals surface area contributed by atoms with E-state index in [4.69, 9.17) is 44.2 Å². The minimum atomic E-state index is -5.55. The number of aromatic nitrogens is 6. The third kappa shape index (κ3) is 11.9. The Balaban J connectivity index is 0.00000378. The molecule has 5 rings (SSSR count). The summed E-state index contributed by atoms with van der Waals surface area (Å²) < 4.78 is 72.2. The van der Waals surface area contributed by atoms with Crippen molar-refractivity contribution in [3.05, 3.63) is 39.4 Å². The van der Waals surface area contributed by atoms with E-state index < -0.39 is 83.0 Å². The number of aliphatic hydroxyl groups excluding tert-OH is 1. The zero-order valence-corrected chi connectivity index (χ0v) is 35.0. The second-order valence-corrected chi connectivity index (χ2v) is 14.1. The number of imidazole rings is 1. The fraction of sp³-hybridized carbons (Fsp3) is 0.640. The first kappa shape index (κ1) is 46.2. The molecule has 0 aliphatic carbocycles. The summed E-state index contributed by atoms with van der Waals surface area (Å²) in [6, 6.07) is 1.35. The molecule has 5 heterocycles. The quantitative estimate of drug-likeness (QED) is 0.0452. The molecule has 2 saturated heterocycles. The van der Waals surface area contributed by atoms with Crippen LogP contribution in [0.25, 0.3) is 11.2 Å². The van der Waals surface area contributed by atoms with E-state index in [0.717, 1.165) is 4.57 Å². The Kier molecular flexibility index (Phi) is 17.7. The summed E-state index contributed by atoms with van der Waals surface area (Å²) in [4.78, 5) is 61.8. The third-order valence-corrected chi connectivity index (χ3v) is 9.73. The van der Waals surface area contributed by atoms with Crippen molar-refractivity contribution in [2.24, 2.45) is 0 Å². The van der Waals surface area contributed by atoms with Crippen LogP contribution < -0.4 is 96.7 Å². The number of nitrogens with two attached hydrogens (primary N) is 2. The second-order valence-electron chi connectivity index (χ2n) is 11.2. The van der Waals surface area contributed by atoms with Crippen LogP contribution in [0.5, 0.6) is 0 Å². The molecule has 28 heteroatoms. The average molecular weight is 812 g/mol. The van der Waals surface area contributed by atoms with Gasteiger partial charge in [0.2, 0.25) is 5.95 Å². The average Bonchev–Trinajstić information content (AvgIpc) is 3.75. The van der Waals surface area contributed by atoms with E-state index in [9.17, 15) is 33.6 Å². The number of nitrogens with one attached hydrogen (secondary N) is 2. The van der Waals surface area contributed by atoms with E-state index >= 15 is 0 Å². The van der Waals surface area contributed by atoms with Gasteiger partial charge in [0.15, 0.2) is 23.6 Å². The number of phosphoric acid groups is 1. The van der Waals surface area contributed by atoms with Gasteiger partial charge in [-0.15, -0.1) is 0 Å². The Labute approximate surface area is 344 Å². The maximum Gasteiger partial charge on any atom is 1.00 e. The van der Waals surface area contributed by atoms with Gasteiger partial charge in [-0.3, -0.25) is 28.0 Å². The molecule has 0 saturated carbocycles. The van der Waals surface area contributed by atoms with Crippen LogP contribution in [0, 0.1) is 0 Å². The predicted octanol–water partition coefficient (Wildman–Crippen LogP) is -9.28. The van der Waals surface area contributed by atoms with E-state index in [1.165, 1.54) is 37.4 Å². The molecule has 2 aliphatic heterocycles. The van der Waals surface area contributed by atoms with Crippen LogP contribution in [0.3, 0.4) is 0 Å². The first-order valence-corrected chi connectivity index (χ1v) is 18.2. The number of hydrogen-bond acceptors (Lipinski definition) is 20. The number of nitrogens with zero attached hydrogens (tertiary/aromatic N) is 5. The van der Waals surface area contributed by atoms with Gasteiger partial charge in [0.25, 0.3) is 5.56 Å². The minimum absolute atomic E-state index is 0. The second kappa shape index (κ2) is 20.3. The normalized spacial score (nSPS) is 25.6. The van der Waals surface area contributed by atoms with Crippen molar-refractivity contribution in [3.63, 3.8) is 0 Å². The summed E-state index contributed by atoms with van der Waals surface area (Å²) >= 11 is 0. The topological polar surface area (TPSA) is 337 Å². The van der Waals surface area contributed by atoms with Crippen LogP contribution >= 0.6 is 15.6 Å². The van der Waals surface area contributed by atoms with Gasteiger partial charge < -0.3 is 59.1 Å². The SMILES string of the molecule is COCCOCCN[P@@](=O)(OC[C@@H]1C[C@@H](O)[C@H](n2ccc(N)nc2=O)O1)O[C@H]1[C@@H](OC)[C@H](n2cnc3c(=O)[nH]c(N)nc32)O[C@@H]1COP(=O)([O-])[O-].[Na+].[Na+]. The van der Waals surface area contributed by atoms with Crippen molar-refractivity contribution in [1.82, 2.24) is 34.2 Å². The molecule has 0 radical (unpaired) electrons. The number of hydrogen-bond donors (Lipinski definition) is 5. The number of methoxy groups -OCH3 is 2. The van der Waals surface area contributed by atoms with Crippen LogP contribution in [0.4, 0.5) is 11.8 Å². The molecular weight excluding hydrogens is 774 g/mol. The molecule has 0 unspecified atom stereocenters. The number of nitrogen functional groups attached to an aromatic ring is 2. The fourth-order valence-corrected chi connectivity index (χ4v) is 7.26. The van der Waals surface area contributed by atoms with Crippen molar-refractivity contribution in [2.75, 3.05) is 65.3 Å². The third-order valence-electron chi connectivity index (χ3n) is 7.65. The van der Waals surface area contributed by atoms with E-state index in [0.29, 0.717) is 0 Å². The van der Waals surface area contributed by atoms with Crippen LogP contribution in [0.1, 0.15) is 18.9 Å². The van der Waals surface area contributed by atoms with Crippen molar-refractivity contribution in [2.45, 2.75) is 49.4 Å². The zero-order chi connectivity index (χ0) is 36.9. The van der Waals surface area contributed by atoms with Crippen molar-refractivity contribution < 1.29 is 120 Å². The zero-order valence-electron chi connectivity index (χ0n) is 29.2. The maximum absolute atomic E-state index is 14.4. The molecule has 8 atom stereocenters. The van der Waals surface area contributed by atoms with Gasteiger partial charge in [-0.05, 0) is 6.07 Å². The number of fused-ring (bicyclic) bond motifs is 1. The summed E-state index contributed by atoms with van der Waals surface area (Å²) in [5.74, 6) is -0.278. The number of aromatic amines is 1. The van der Waals surface area contributed by atoms with Crippen molar-refractivity contribution in [3.8, 4) is 0 Å². The van der Waals surface area contributed by atoms with Gasteiger partial charge in [0, 0.05) is 33.4 Å². The predicted molar refractivity (Wildman–Crippen MR) is 167 cm³/mol. The Bertz CT molecular complexity index is 1870. The van der Waals surface area contributed by atoms with Crippen LogP contribution in [-0.4, -0.2) is 118 Å². The number of H-pyrrole nitrogens is 1. The fourth-order valence-electron chi connectivity index (χ4n) is 5.40. The smallest absolute Gasteiger partial charge is 0.790 e. The van der Waals surface area contributed by atoms with Gasteiger partial charge in [0.05, 0.1) is 53.3 Å². The molecule has 3 aromatic rings. The van der Waals surface area contributed by atoms with Gasteiger partial charge >= 0.3 is 72.6 Å². The van der Waals surface area contributed by atoms with Gasteiger partial charge in [-0.1, -0.05) is 0 Å². The molecule has 2 fully saturated rings. The largest absolute Gasteiger partial charge is 1.00 e. The number of aliphatic hydroxyl groups is 1. The van der Waals surface area contributed by atoms with E-state index in [2.05, 4.69) is 29.5 Å². The van der Waals surface area contributed by atoms with Crippen LogP contribution in [0.2, 0.25) is 0 Å². The summed E-state index contributed by atoms with van der Waals surface area (Å²) in [7, 11) is -7.32.